The SMILES string of the molecule is O=C(N[C@@H](C(=O)N1CCN(C(=O)c2cccc(Cl)c2)CC1)S(=O)(=O)c1ccccc1)c1cccs1. The number of carbonyl (C=O) groups excluding carboxylic acids is 3. The number of benzene rings is 2. The monoisotopic (exact) mass is 531 g/mol. The maximum absolute atomic E-state index is 13.4. The fourth-order valence-electron chi connectivity index (χ4n) is 3.72. The minimum atomic E-state index is -4.23. The predicted octanol–water partition coefficient (Wildman–Crippen LogP) is 2.92. The molecule has 0 radical (unpaired) electrons. The third-order valence-electron chi connectivity index (χ3n) is 5.56. The lowest BCUT2D eigenvalue weighted by Gasteiger charge is -2.36. The molecular weight excluding hydrogens is 510 g/mol. The molecule has 0 spiro atoms. The Hall–Kier alpha value is -3.21. The van der Waals surface area contributed by atoms with Crippen LogP contribution >= 0.6 is 22.9 Å². The first-order chi connectivity index (χ1) is 16.8. The van der Waals surface area contributed by atoms with Crippen LogP contribution in [0.4, 0.5) is 0 Å². The second kappa shape index (κ2) is 10.6. The summed E-state index contributed by atoms with van der Waals surface area (Å²) in [6.45, 7) is 0.684. The fourth-order valence-corrected chi connectivity index (χ4v) is 6.02. The first kappa shape index (κ1) is 24.9. The van der Waals surface area contributed by atoms with Gasteiger partial charge in [-0.05, 0) is 41.8 Å². The molecule has 0 unspecified atom stereocenters. The lowest BCUT2D eigenvalue weighted by atomic mass is 10.2. The Bertz CT molecular complexity index is 1320. The molecule has 35 heavy (non-hydrogen) atoms. The molecule has 1 N–H and O–H groups in total. The van der Waals surface area contributed by atoms with E-state index in [1.165, 1.54) is 17.0 Å². The lowest BCUT2D eigenvalue weighted by molar-refractivity contribution is -0.132. The van der Waals surface area contributed by atoms with Crippen LogP contribution in [0, 0.1) is 0 Å². The van der Waals surface area contributed by atoms with E-state index >= 15 is 0 Å². The number of sulfone groups is 1. The van der Waals surface area contributed by atoms with E-state index in [1.54, 1.807) is 64.9 Å². The summed E-state index contributed by atoms with van der Waals surface area (Å²) in [5.74, 6) is -1.61. The second-order valence-electron chi connectivity index (χ2n) is 7.82. The van der Waals surface area contributed by atoms with E-state index in [1.807, 2.05) is 0 Å². The molecule has 1 fully saturated rings. The van der Waals surface area contributed by atoms with Crippen LogP contribution in [0.15, 0.2) is 77.0 Å². The van der Waals surface area contributed by atoms with Crippen molar-refractivity contribution in [3.8, 4) is 0 Å². The van der Waals surface area contributed by atoms with Gasteiger partial charge in [-0.2, -0.15) is 0 Å². The minimum absolute atomic E-state index is 0.0698. The normalized spacial score (nSPS) is 14.9. The molecule has 182 valence electrons. The summed E-state index contributed by atoms with van der Waals surface area (Å²) in [4.78, 5) is 42.1. The molecule has 1 aliphatic heterocycles. The van der Waals surface area contributed by atoms with Crippen molar-refractivity contribution in [2.75, 3.05) is 26.2 Å². The van der Waals surface area contributed by atoms with E-state index in [0.29, 0.717) is 15.5 Å². The highest BCUT2D eigenvalue weighted by Gasteiger charge is 2.39. The smallest absolute Gasteiger partial charge is 0.262 e. The lowest BCUT2D eigenvalue weighted by Crippen LogP contribution is -2.57. The number of carbonyl (C=O) groups is 3. The van der Waals surface area contributed by atoms with Crippen LogP contribution in [0.1, 0.15) is 20.0 Å². The van der Waals surface area contributed by atoms with Gasteiger partial charge in [-0.15, -0.1) is 11.3 Å². The molecule has 1 aliphatic rings. The van der Waals surface area contributed by atoms with Crippen LogP contribution in [-0.2, 0) is 14.6 Å². The molecule has 3 amide bonds. The van der Waals surface area contributed by atoms with Gasteiger partial charge in [0.15, 0.2) is 0 Å². The Kier molecular flexibility index (Phi) is 7.54. The second-order valence-corrected chi connectivity index (χ2v) is 11.2. The fraction of sp³-hybridized carbons (Fsp3) is 0.208. The number of hydrogen-bond donors (Lipinski definition) is 1. The van der Waals surface area contributed by atoms with E-state index in [-0.39, 0.29) is 37.0 Å². The van der Waals surface area contributed by atoms with Crippen LogP contribution in [0.3, 0.4) is 0 Å². The molecule has 1 aromatic heterocycles. The molecule has 11 heteroatoms. The molecular formula is C24H22ClN3O5S2. The van der Waals surface area contributed by atoms with Crippen LogP contribution in [0.5, 0.6) is 0 Å². The molecule has 0 saturated carbocycles. The van der Waals surface area contributed by atoms with Crippen LogP contribution in [0.25, 0.3) is 0 Å². The van der Waals surface area contributed by atoms with Crippen LogP contribution in [0.2, 0.25) is 5.02 Å². The Labute approximate surface area is 212 Å². The van der Waals surface area contributed by atoms with E-state index < -0.39 is 27.0 Å². The summed E-state index contributed by atoms with van der Waals surface area (Å²) in [5.41, 5.74) is 0.435. The number of hydrogen-bond acceptors (Lipinski definition) is 6. The largest absolute Gasteiger partial charge is 0.336 e. The summed E-state index contributed by atoms with van der Waals surface area (Å²) in [7, 11) is -4.23. The first-order valence-corrected chi connectivity index (χ1v) is 13.5. The van der Waals surface area contributed by atoms with Gasteiger partial charge in [-0.3, -0.25) is 14.4 Å². The number of thiophene rings is 1. The summed E-state index contributed by atoms with van der Waals surface area (Å²) in [6.07, 6.45) is 0. The van der Waals surface area contributed by atoms with E-state index in [0.717, 1.165) is 11.3 Å². The Morgan fingerprint density at radius 1 is 0.886 bits per heavy atom. The molecule has 2 heterocycles. The third kappa shape index (κ3) is 5.55. The van der Waals surface area contributed by atoms with Gasteiger partial charge in [0, 0.05) is 36.8 Å². The number of halogens is 1. The van der Waals surface area contributed by atoms with Gasteiger partial charge >= 0.3 is 0 Å². The summed E-state index contributed by atoms with van der Waals surface area (Å²) >= 11 is 7.13. The average Bonchev–Trinajstić information content (AvgIpc) is 3.42. The van der Waals surface area contributed by atoms with Gasteiger partial charge < -0.3 is 15.1 Å². The van der Waals surface area contributed by atoms with Gasteiger partial charge in [0.05, 0.1) is 9.77 Å². The minimum Gasteiger partial charge on any atom is -0.336 e. The Morgan fingerprint density at radius 3 is 2.20 bits per heavy atom. The van der Waals surface area contributed by atoms with Crippen molar-refractivity contribution in [3.05, 3.63) is 87.6 Å². The zero-order valence-corrected chi connectivity index (χ0v) is 20.9. The van der Waals surface area contributed by atoms with Crippen molar-refractivity contribution < 1.29 is 22.8 Å². The Balaban J connectivity index is 1.52. The highest BCUT2D eigenvalue weighted by molar-refractivity contribution is 7.92. The quantitative estimate of drug-likeness (QED) is 0.527. The molecule has 2 aromatic carbocycles. The predicted molar refractivity (Wildman–Crippen MR) is 133 cm³/mol. The molecule has 0 aliphatic carbocycles. The summed E-state index contributed by atoms with van der Waals surface area (Å²) in [6, 6.07) is 17.3. The third-order valence-corrected chi connectivity index (χ3v) is 8.54. The summed E-state index contributed by atoms with van der Waals surface area (Å²) in [5, 5.41) is 2.75. The first-order valence-electron chi connectivity index (χ1n) is 10.7. The standard InChI is InChI=1S/C24H22ClN3O5S2/c25-18-7-4-6-17(16-18)23(30)27-11-13-28(14-12-27)24(31)22(26-21(29)20-10-5-15-34-20)35(32,33)19-8-2-1-3-9-19/h1-10,15-16,22H,11-14H2,(H,26,29)/t22-/m1/s1. The zero-order valence-electron chi connectivity index (χ0n) is 18.5. The summed E-state index contributed by atoms with van der Waals surface area (Å²) < 4.78 is 26.8. The van der Waals surface area contributed by atoms with E-state index in [9.17, 15) is 22.8 Å². The average molecular weight is 532 g/mol. The number of amides is 3. The van der Waals surface area contributed by atoms with Crippen molar-refractivity contribution in [1.82, 2.24) is 15.1 Å². The van der Waals surface area contributed by atoms with Crippen molar-refractivity contribution >= 4 is 50.5 Å². The molecule has 8 nitrogen and oxygen atoms in total. The highest BCUT2D eigenvalue weighted by Crippen LogP contribution is 2.20. The highest BCUT2D eigenvalue weighted by atomic mass is 35.5. The van der Waals surface area contributed by atoms with Crippen molar-refractivity contribution in [3.63, 3.8) is 0 Å². The molecule has 1 saturated heterocycles. The molecule has 1 atom stereocenters. The number of rotatable bonds is 6. The maximum Gasteiger partial charge on any atom is 0.262 e. The topological polar surface area (TPSA) is 104 Å². The van der Waals surface area contributed by atoms with Gasteiger partial charge in [0.2, 0.25) is 15.2 Å². The number of nitrogens with zero attached hydrogens (tertiary/aromatic N) is 2. The van der Waals surface area contributed by atoms with Crippen molar-refractivity contribution in [1.29, 1.82) is 0 Å². The van der Waals surface area contributed by atoms with Gasteiger partial charge in [-0.1, -0.05) is 41.9 Å². The van der Waals surface area contributed by atoms with Crippen LogP contribution in [-0.4, -0.2) is 67.5 Å². The van der Waals surface area contributed by atoms with Gasteiger partial charge in [-0.25, -0.2) is 8.42 Å². The number of piperazine rings is 1. The number of nitrogens with one attached hydrogen (secondary N) is 1. The van der Waals surface area contributed by atoms with Crippen LogP contribution < -0.4 is 5.32 Å². The Morgan fingerprint density at radius 2 is 1.57 bits per heavy atom. The maximum atomic E-state index is 13.4. The van der Waals surface area contributed by atoms with E-state index in [4.69, 9.17) is 11.6 Å². The molecule has 0 bridgehead atoms. The van der Waals surface area contributed by atoms with Crippen molar-refractivity contribution in [2.24, 2.45) is 0 Å². The van der Waals surface area contributed by atoms with Crippen molar-refractivity contribution in [2.45, 2.75) is 10.3 Å². The molecule has 3 aromatic rings. The van der Waals surface area contributed by atoms with E-state index in [2.05, 4.69) is 5.32 Å². The van der Waals surface area contributed by atoms with Gasteiger partial charge in [0.25, 0.3) is 17.7 Å². The zero-order chi connectivity index (χ0) is 25.0. The molecule has 4 rings (SSSR count). The van der Waals surface area contributed by atoms with Gasteiger partial charge in [0.1, 0.15) is 0 Å².